The average molecular weight is 221 g/mol. The van der Waals surface area contributed by atoms with E-state index in [1.165, 1.54) is 18.1 Å². The molecule has 1 aromatic rings. The number of aryl methyl sites for hydroxylation is 1. The molecular formula is C8H10ClFN2S. The average Bonchev–Trinajstić information content (AvgIpc) is 2.13. The quantitative estimate of drug-likeness (QED) is 0.445. The van der Waals surface area contributed by atoms with E-state index in [-0.39, 0.29) is 11.1 Å². The van der Waals surface area contributed by atoms with Crippen LogP contribution in [0, 0.1) is 12.7 Å². The number of halogens is 2. The molecule has 5 heteroatoms. The molecule has 1 heterocycles. The van der Waals surface area contributed by atoms with Crippen LogP contribution in [0.2, 0.25) is 0 Å². The molecule has 0 aliphatic heterocycles. The molecule has 0 spiro atoms. The summed E-state index contributed by atoms with van der Waals surface area (Å²) in [6, 6.07) is 0. The highest BCUT2D eigenvalue weighted by atomic mass is 35.5. The van der Waals surface area contributed by atoms with Crippen molar-refractivity contribution in [1.82, 2.24) is 9.97 Å². The number of nitrogens with zero attached hydrogens (tertiary/aromatic N) is 2. The maximum absolute atomic E-state index is 13.3. The highest BCUT2D eigenvalue weighted by Crippen LogP contribution is 2.24. The molecule has 0 N–H and O–H groups in total. The maximum Gasteiger partial charge on any atom is 0.176 e. The van der Waals surface area contributed by atoms with Gasteiger partial charge >= 0.3 is 0 Å². The number of hydrogen-bond acceptors (Lipinski definition) is 3. The molecule has 0 aromatic carbocycles. The lowest BCUT2D eigenvalue weighted by Gasteiger charge is -2.07. The van der Waals surface area contributed by atoms with Gasteiger partial charge in [-0.25, -0.2) is 14.4 Å². The molecule has 0 saturated carbocycles. The number of rotatable bonds is 3. The van der Waals surface area contributed by atoms with E-state index in [9.17, 15) is 4.39 Å². The number of alkyl halides is 1. The van der Waals surface area contributed by atoms with Crippen molar-refractivity contribution in [2.24, 2.45) is 0 Å². The van der Waals surface area contributed by atoms with E-state index in [1.54, 1.807) is 6.92 Å². The second-order valence-electron chi connectivity index (χ2n) is 2.66. The van der Waals surface area contributed by atoms with Gasteiger partial charge in [0, 0.05) is 11.1 Å². The highest BCUT2D eigenvalue weighted by Gasteiger charge is 2.11. The van der Waals surface area contributed by atoms with Crippen LogP contribution >= 0.6 is 23.4 Å². The highest BCUT2D eigenvalue weighted by molar-refractivity contribution is 7.99. The molecule has 0 amide bonds. The van der Waals surface area contributed by atoms with Gasteiger partial charge in [0.15, 0.2) is 5.82 Å². The van der Waals surface area contributed by atoms with Crippen LogP contribution in [-0.2, 0) is 0 Å². The molecule has 1 atom stereocenters. The van der Waals surface area contributed by atoms with Crippen molar-refractivity contribution in [3.63, 3.8) is 0 Å². The largest absolute Gasteiger partial charge is 0.239 e. The van der Waals surface area contributed by atoms with Crippen LogP contribution in [0.5, 0.6) is 0 Å². The summed E-state index contributed by atoms with van der Waals surface area (Å²) in [6.45, 7) is 3.54. The first-order valence-corrected chi connectivity index (χ1v) is 5.26. The van der Waals surface area contributed by atoms with Crippen molar-refractivity contribution >= 4 is 23.4 Å². The van der Waals surface area contributed by atoms with E-state index >= 15 is 0 Å². The van der Waals surface area contributed by atoms with Gasteiger partial charge in [0.2, 0.25) is 0 Å². The van der Waals surface area contributed by atoms with Crippen molar-refractivity contribution in [3.05, 3.63) is 17.8 Å². The predicted octanol–water partition coefficient (Wildman–Crippen LogP) is 2.64. The topological polar surface area (TPSA) is 25.8 Å². The van der Waals surface area contributed by atoms with Gasteiger partial charge in [-0.3, -0.25) is 0 Å². The third-order valence-corrected chi connectivity index (χ3v) is 3.18. The Morgan fingerprint density at radius 1 is 1.62 bits per heavy atom. The first-order valence-electron chi connectivity index (χ1n) is 3.85. The Labute approximate surface area is 85.9 Å². The second kappa shape index (κ2) is 4.77. The molecule has 0 bridgehead atoms. The monoisotopic (exact) mass is 220 g/mol. The third-order valence-electron chi connectivity index (χ3n) is 1.46. The van der Waals surface area contributed by atoms with E-state index in [0.717, 1.165) is 0 Å². The molecule has 0 radical (unpaired) electrons. The summed E-state index contributed by atoms with van der Waals surface area (Å²) >= 11 is 6.93. The predicted molar refractivity (Wildman–Crippen MR) is 52.8 cm³/mol. The van der Waals surface area contributed by atoms with Crippen LogP contribution in [0.1, 0.15) is 12.6 Å². The number of hydrogen-bond donors (Lipinski definition) is 0. The Morgan fingerprint density at radius 3 is 2.92 bits per heavy atom. The minimum Gasteiger partial charge on any atom is -0.239 e. The zero-order valence-electron chi connectivity index (χ0n) is 7.42. The second-order valence-corrected chi connectivity index (χ2v) is 4.40. The molecular weight excluding hydrogens is 211 g/mol. The van der Waals surface area contributed by atoms with Crippen molar-refractivity contribution in [2.75, 3.05) is 5.88 Å². The van der Waals surface area contributed by atoms with Gasteiger partial charge < -0.3 is 0 Å². The summed E-state index contributed by atoms with van der Waals surface area (Å²) in [6.07, 6.45) is 1.36. The molecule has 0 aliphatic carbocycles. The van der Waals surface area contributed by atoms with Crippen LogP contribution in [0.15, 0.2) is 11.4 Å². The molecule has 0 fully saturated rings. The molecule has 13 heavy (non-hydrogen) atoms. The van der Waals surface area contributed by atoms with E-state index in [2.05, 4.69) is 9.97 Å². The van der Waals surface area contributed by atoms with Gasteiger partial charge in [-0.2, -0.15) is 0 Å². The molecule has 1 aromatic heterocycles. The Balaban J connectivity index is 2.83. The lowest BCUT2D eigenvalue weighted by atomic mass is 10.4. The molecule has 1 rings (SSSR count). The van der Waals surface area contributed by atoms with E-state index in [1.807, 2.05) is 6.92 Å². The smallest absolute Gasteiger partial charge is 0.176 e. The van der Waals surface area contributed by atoms with Crippen LogP contribution in [0.25, 0.3) is 0 Å². The van der Waals surface area contributed by atoms with Crippen molar-refractivity contribution in [3.8, 4) is 0 Å². The van der Waals surface area contributed by atoms with Gasteiger partial charge in [-0.05, 0) is 6.92 Å². The summed E-state index contributed by atoms with van der Waals surface area (Å²) in [5.41, 5.74) is 0.374. The van der Waals surface area contributed by atoms with Crippen LogP contribution < -0.4 is 0 Å². The number of thioether (sulfide) groups is 1. The summed E-state index contributed by atoms with van der Waals surface area (Å²) in [7, 11) is 0. The molecule has 0 saturated heterocycles. The first-order chi connectivity index (χ1) is 6.15. The van der Waals surface area contributed by atoms with Crippen molar-refractivity contribution in [1.29, 1.82) is 0 Å². The summed E-state index contributed by atoms with van der Waals surface area (Å²) in [5.74, 6) is 0.136. The Bertz CT molecular complexity index is 295. The third kappa shape index (κ3) is 2.81. The summed E-state index contributed by atoms with van der Waals surface area (Å²) < 4.78 is 13.3. The van der Waals surface area contributed by atoms with Crippen LogP contribution in [0.4, 0.5) is 4.39 Å². The zero-order chi connectivity index (χ0) is 9.84. The fourth-order valence-electron chi connectivity index (χ4n) is 0.740. The fraction of sp³-hybridized carbons (Fsp3) is 0.500. The lowest BCUT2D eigenvalue weighted by molar-refractivity contribution is 0.566. The van der Waals surface area contributed by atoms with Crippen LogP contribution in [0.3, 0.4) is 0 Å². The Kier molecular flexibility index (Phi) is 3.93. The summed E-state index contributed by atoms with van der Waals surface area (Å²) in [4.78, 5) is 7.59. The molecule has 0 aliphatic rings. The SMILES string of the molecule is Cc1ncnc(SC(C)CCl)c1F. The van der Waals surface area contributed by atoms with Gasteiger partial charge in [0.05, 0.1) is 5.69 Å². The molecule has 1 unspecified atom stereocenters. The van der Waals surface area contributed by atoms with Gasteiger partial charge in [-0.1, -0.05) is 18.7 Å². The first kappa shape index (κ1) is 10.7. The Hall–Kier alpha value is -0.350. The summed E-state index contributed by atoms with van der Waals surface area (Å²) in [5, 5.41) is 0.533. The van der Waals surface area contributed by atoms with Gasteiger partial charge in [-0.15, -0.1) is 11.6 Å². The molecule has 2 nitrogen and oxygen atoms in total. The molecule has 72 valence electrons. The minimum absolute atomic E-state index is 0.158. The minimum atomic E-state index is -0.343. The lowest BCUT2D eigenvalue weighted by Crippen LogP contribution is -2.01. The van der Waals surface area contributed by atoms with Crippen LogP contribution in [-0.4, -0.2) is 21.1 Å². The van der Waals surface area contributed by atoms with Gasteiger partial charge in [0.25, 0.3) is 0 Å². The van der Waals surface area contributed by atoms with E-state index < -0.39 is 0 Å². The maximum atomic E-state index is 13.3. The van der Waals surface area contributed by atoms with Crippen molar-refractivity contribution in [2.45, 2.75) is 24.1 Å². The number of aromatic nitrogens is 2. The van der Waals surface area contributed by atoms with Crippen molar-refractivity contribution < 1.29 is 4.39 Å². The Morgan fingerprint density at radius 2 is 2.31 bits per heavy atom. The van der Waals surface area contributed by atoms with E-state index in [0.29, 0.717) is 16.6 Å². The fourth-order valence-corrected chi connectivity index (χ4v) is 1.73. The normalized spacial score (nSPS) is 12.9. The van der Waals surface area contributed by atoms with Gasteiger partial charge in [0.1, 0.15) is 11.4 Å². The zero-order valence-corrected chi connectivity index (χ0v) is 8.99. The van der Waals surface area contributed by atoms with E-state index in [4.69, 9.17) is 11.6 Å². The standard InChI is InChI=1S/C8H10ClFN2S/c1-5(3-9)13-8-7(10)6(2)11-4-12-8/h4-5H,3H2,1-2H3.